The van der Waals surface area contributed by atoms with Gasteiger partial charge in [0.05, 0.1) is 30.1 Å². The highest BCUT2D eigenvalue weighted by atomic mass is 35.5. The number of hydrogen-bond acceptors (Lipinski definition) is 6. The molecule has 9 heteroatoms. The van der Waals surface area contributed by atoms with Crippen LogP contribution in [0.5, 0.6) is 11.5 Å². The third-order valence-electron chi connectivity index (χ3n) is 7.01. The largest absolute Gasteiger partial charge is 0.455 e. The lowest BCUT2D eigenvalue weighted by molar-refractivity contribution is 0.175. The van der Waals surface area contributed by atoms with Gasteiger partial charge in [0.2, 0.25) is 0 Å². The van der Waals surface area contributed by atoms with Crippen molar-refractivity contribution >= 4 is 23.4 Å². The summed E-state index contributed by atoms with van der Waals surface area (Å²) in [5, 5.41) is 18.1. The number of carbonyl (C=O) groups excluding carboxylic acids is 1. The van der Waals surface area contributed by atoms with Crippen molar-refractivity contribution in [3.05, 3.63) is 58.9 Å². The Balaban J connectivity index is 1.64. The average Bonchev–Trinajstić information content (AvgIpc) is 3.39. The standard InChI is InChI=1S/C27H28ClN5O3/c1-17-6-7-21-24(33(17)27(34)35-2)9-8-20(18-15-31-32(16-18)19-10-12-30-13-11-19)26(21)36-25-5-3-4-23(28)22(25)14-29/h3-5,8-9,15-17,19,30H,6-7,10-13H2,1-2H3/t17-/m0/s1. The average molecular weight is 506 g/mol. The number of nitriles is 1. The summed E-state index contributed by atoms with van der Waals surface area (Å²) in [6.45, 7) is 3.95. The molecule has 2 aliphatic heterocycles. The van der Waals surface area contributed by atoms with Gasteiger partial charge in [-0.3, -0.25) is 9.58 Å². The van der Waals surface area contributed by atoms with Gasteiger partial charge < -0.3 is 14.8 Å². The highest BCUT2D eigenvalue weighted by molar-refractivity contribution is 6.32. The summed E-state index contributed by atoms with van der Waals surface area (Å²) in [5.41, 5.74) is 3.65. The molecule has 1 aromatic heterocycles. The maximum atomic E-state index is 12.7. The minimum Gasteiger partial charge on any atom is -0.455 e. The van der Waals surface area contributed by atoms with E-state index in [-0.39, 0.29) is 11.6 Å². The molecule has 186 valence electrons. The summed E-state index contributed by atoms with van der Waals surface area (Å²) in [6, 6.07) is 11.5. The Morgan fingerprint density at radius 1 is 1.22 bits per heavy atom. The van der Waals surface area contributed by atoms with E-state index in [1.54, 1.807) is 23.1 Å². The lowest BCUT2D eigenvalue weighted by atomic mass is 9.92. The molecule has 0 aliphatic carbocycles. The molecule has 1 fully saturated rings. The van der Waals surface area contributed by atoms with Gasteiger partial charge in [0.1, 0.15) is 23.1 Å². The summed E-state index contributed by atoms with van der Waals surface area (Å²) in [7, 11) is 1.38. The number of fused-ring (bicyclic) bond motifs is 1. The van der Waals surface area contributed by atoms with Crippen LogP contribution < -0.4 is 15.0 Å². The molecule has 36 heavy (non-hydrogen) atoms. The van der Waals surface area contributed by atoms with Crippen LogP contribution in [0.4, 0.5) is 10.5 Å². The lowest BCUT2D eigenvalue weighted by Crippen LogP contribution is -2.42. The van der Waals surface area contributed by atoms with Crippen LogP contribution in [0.25, 0.3) is 11.1 Å². The summed E-state index contributed by atoms with van der Waals surface area (Å²) in [5.74, 6) is 0.963. The van der Waals surface area contributed by atoms with Gasteiger partial charge in [-0.1, -0.05) is 17.7 Å². The molecule has 1 saturated heterocycles. The summed E-state index contributed by atoms with van der Waals surface area (Å²) < 4.78 is 13.6. The minimum absolute atomic E-state index is 0.0212. The third kappa shape index (κ3) is 4.41. The van der Waals surface area contributed by atoms with Crippen LogP contribution in [0.15, 0.2) is 42.7 Å². The predicted octanol–water partition coefficient (Wildman–Crippen LogP) is 5.70. The van der Waals surface area contributed by atoms with Gasteiger partial charge in [0.25, 0.3) is 0 Å². The Kier molecular flexibility index (Phi) is 6.86. The van der Waals surface area contributed by atoms with Crippen molar-refractivity contribution in [2.24, 2.45) is 0 Å². The fourth-order valence-electron chi connectivity index (χ4n) is 5.08. The van der Waals surface area contributed by atoms with E-state index in [2.05, 4.69) is 22.7 Å². The van der Waals surface area contributed by atoms with Crippen molar-refractivity contribution in [2.75, 3.05) is 25.1 Å². The second kappa shape index (κ2) is 10.2. The van der Waals surface area contributed by atoms with E-state index in [0.29, 0.717) is 29.0 Å². The van der Waals surface area contributed by atoms with Crippen LogP contribution in [0.2, 0.25) is 5.02 Å². The second-order valence-corrected chi connectivity index (χ2v) is 9.59. The van der Waals surface area contributed by atoms with E-state index in [0.717, 1.165) is 54.7 Å². The first-order chi connectivity index (χ1) is 17.5. The van der Waals surface area contributed by atoms with Crippen LogP contribution >= 0.6 is 11.6 Å². The van der Waals surface area contributed by atoms with Crippen molar-refractivity contribution in [1.82, 2.24) is 15.1 Å². The molecule has 3 aromatic rings. The first kappa shape index (κ1) is 24.2. The quantitative estimate of drug-likeness (QED) is 0.489. The van der Waals surface area contributed by atoms with E-state index in [1.807, 2.05) is 29.9 Å². The molecule has 0 spiro atoms. The predicted molar refractivity (Wildman–Crippen MR) is 138 cm³/mol. The molecule has 1 amide bonds. The Morgan fingerprint density at radius 2 is 2.03 bits per heavy atom. The maximum Gasteiger partial charge on any atom is 0.414 e. The number of carbonyl (C=O) groups is 1. The van der Waals surface area contributed by atoms with Gasteiger partial charge in [0, 0.05) is 28.9 Å². The van der Waals surface area contributed by atoms with Crippen LogP contribution in [0.1, 0.15) is 43.4 Å². The molecule has 2 aromatic carbocycles. The molecule has 5 rings (SSSR count). The number of anilines is 1. The SMILES string of the molecule is COC(=O)N1c2ccc(-c3cnn(C4CCNCC4)c3)c(Oc3cccc(Cl)c3C#N)c2CC[C@@H]1C. The smallest absolute Gasteiger partial charge is 0.414 e. The van der Waals surface area contributed by atoms with Crippen molar-refractivity contribution < 1.29 is 14.3 Å². The summed E-state index contributed by atoms with van der Waals surface area (Å²) in [4.78, 5) is 14.3. The van der Waals surface area contributed by atoms with Gasteiger partial charge in [-0.25, -0.2) is 4.79 Å². The highest BCUT2D eigenvalue weighted by Gasteiger charge is 2.33. The van der Waals surface area contributed by atoms with E-state index in [4.69, 9.17) is 21.1 Å². The molecule has 8 nitrogen and oxygen atoms in total. The maximum absolute atomic E-state index is 12.7. The zero-order chi connectivity index (χ0) is 25.2. The van der Waals surface area contributed by atoms with E-state index in [9.17, 15) is 10.1 Å². The number of nitrogens with zero attached hydrogens (tertiary/aromatic N) is 4. The molecule has 0 radical (unpaired) electrons. The number of nitrogens with one attached hydrogen (secondary N) is 1. The number of amides is 1. The summed E-state index contributed by atoms with van der Waals surface area (Å²) >= 11 is 6.30. The Hall–Kier alpha value is -3.54. The molecule has 1 N–H and O–H groups in total. The topological polar surface area (TPSA) is 92.4 Å². The van der Waals surface area contributed by atoms with Gasteiger partial charge >= 0.3 is 6.09 Å². The molecular formula is C27H28ClN5O3. The second-order valence-electron chi connectivity index (χ2n) is 9.18. The van der Waals surface area contributed by atoms with Crippen LogP contribution in [0.3, 0.4) is 0 Å². The third-order valence-corrected chi connectivity index (χ3v) is 7.33. The van der Waals surface area contributed by atoms with Crippen LogP contribution in [-0.4, -0.2) is 42.1 Å². The zero-order valence-corrected chi connectivity index (χ0v) is 21.1. The van der Waals surface area contributed by atoms with Crippen molar-refractivity contribution in [2.45, 2.75) is 44.7 Å². The van der Waals surface area contributed by atoms with Gasteiger partial charge in [-0.05, 0) is 70.0 Å². The number of halogens is 1. The number of aromatic nitrogens is 2. The number of methoxy groups -OCH3 is 1. The van der Waals surface area contributed by atoms with Gasteiger partial charge in [0.15, 0.2) is 0 Å². The Bertz CT molecular complexity index is 1330. The fraction of sp³-hybridized carbons (Fsp3) is 0.370. The number of piperidine rings is 1. The van der Waals surface area contributed by atoms with Crippen molar-refractivity contribution in [3.8, 4) is 28.7 Å². The molecular weight excluding hydrogens is 478 g/mol. The number of ether oxygens (including phenoxy) is 2. The normalized spacial score (nSPS) is 17.8. The molecule has 2 aliphatic rings. The highest BCUT2D eigenvalue weighted by Crippen LogP contribution is 2.45. The molecule has 3 heterocycles. The van der Waals surface area contributed by atoms with Gasteiger partial charge in [-0.2, -0.15) is 10.4 Å². The van der Waals surface area contributed by atoms with E-state index < -0.39 is 6.09 Å². The van der Waals surface area contributed by atoms with Crippen LogP contribution in [-0.2, 0) is 11.2 Å². The number of benzene rings is 2. The lowest BCUT2D eigenvalue weighted by Gasteiger charge is -2.35. The van der Waals surface area contributed by atoms with E-state index >= 15 is 0 Å². The Morgan fingerprint density at radius 3 is 2.78 bits per heavy atom. The number of rotatable bonds is 4. The first-order valence-corrected chi connectivity index (χ1v) is 12.5. The van der Waals surface area contributed by atoms with Crippen molar-refractivity contribution in [1.29, 1.82) is 5.26 Å². The van der Waals surface area contributed by atoms with E-state index in [1.165, 1.54) is 7.11 Å². The molecule has 0 saturated carbocycles. The first-order valence-electron chi connectivity index (χ1n) is 12.2. The zero-order valence-electron chi connectivity index (χ0n) is 20.3. The summed E-state index contributed by atoms with van der Waals surface area (Å²) in [6.07, 6.45) is 6.99. The Labute approximate surface area is 215 Å². The van der Waals surface area contributed by atoms with Crippen LogP contribution in [0, 0.1) is 11.3 Å². The molecule has 0 unspecified atom stereocenters. The monoisotopic (exact) mass is 505 g/mol. The van der Waals surface area contributed by atoms with Crippen molar-refractivity contribution in [3.63, 3.8) is 0 Å². The molecule has 1 atom stereocenters. The fourth-order valence-corrected chi connectivity index (χ4v) is 5.29. The minimum atomic E-state index is -0.415. The number of hydrogen-bond donors (Lipinski definition) is 1. The molecule has 0 bridgehead atoms. The van der Waals surface area contributed by atoms with Gasteiger partial charge in [-0.15, -0.1) is 0 Å².